The van der Waals surface area contributed by atoms with Gasteiger partial charge < -0.3 is 5.11 Å². The third-order valence-electron chi connectivity index (χ3n) is 5.97. The SMILES string of the molecule is CCCc1c(C)n(C(=O)c2ccccc2)c(=O)n1Cc1ccc(-c2ccccc2C(=O)O)cc1. The Morgan fingerprint density at radius 2 is 1.53 bits per heavy atom. The zero-order valence-electron chi connectivity index (χ0n) is 19.2. The molecule has 0 aliphatic heterocycles. The lowest BCUT2D eigenvalue weighted by Crippen LogP contribution is -2.30. The molecule has 0 bridgehead atoms. The number of rotatable bonds is 7. The maximum atomic E-state index is 13.4. The molecular weight excluding hydrogens is 428 g/mol. The minimum Gasteiger partial charge on any atom is -0.478 e. The number of nitrogens with zero attached hydrogens (tertiary/aromatic N) is 2. The summed E-state index contributed by atoms with van der Waals surface area (Å²) in [7, 11) is 0. The van der Waals surface area contributed by atoms with Gasteiger partial charge in [-0.15, -0.1) is 0 Å². The molecule has 4 aromatic rings. The Bertz CT molecular complexity index is 1400. The van der Waals surface area contributed by atoms with Gasteiger partial charge in [-0.05, 0) is 48.2 Å². The largest absolute Gasteiger partial charge is 0.478 e. The number of hydrogen-bond acceptors (Lipinski definition) is 3. The number of benzene rings is 3. The summed E-state index contributed by atoms with van der Waals surface area (Å²) < 4.78 is 2.93. The molecule has 4 rings (SSSR count). The second-order valence-electron chi connectivity index (χ2n) is 8.21. The van der Waals surface area contributed by atoms with Crippen molar-refractivity contribution < 1.29 is 14.7 Å². The van der Waals surface area contributed by atoms with Crippen molar-refractivity contribution in [3.8, 4) is 11.1 Å². The van der Waals surface area contributed by atoms with Crippen LogP contribution >= 0.6 is 0 Å². The van der Waals surface area contributed by atoms with Gasteiger partial charge in [-0.1, -0.05) is 74.0 Å². The summed E-state index contributed by atoms with van der Waals surface area (Å²) in [4.78, 5) is 38.0. The van der Waals surface area contributed by atoms with Gasteiger partial charge in [0.2, 0.25) is 0 Å². The summed E-state index contributed by atoms with van der Waals surface area (Å²) >= 11 is 0. The van der Waals surface area contributed by atoms with Gasteiger partial charge in [0.15, 0.2) is 0 Å². The Labute approximate surface area is 197 Å². The van der Waals surface area contributed by atoms with E-state index in [0.29, 0.717) is 29.8 Å². The van der Waals surface area contributed by atoms with Crippen LogP contribution in [0.5, 0.6) is 0 Å². The first kappa shape index (κ1) is 23.0. The van der Waals surface area contributed by atoms with Crippen molar-refractivity contribution in [2.24, 2.45) is 0 Å². The van der Waals surface area contributed by atoms with Crippen molar-refractivity contribution in [2.75, 3.05) is 0 Å². The van der Waals surface area contributed by atoms with E-state index in [0.717, 1.165) is 23.2 Å². The Hall–Kier alpha value is -4.19. The van der Waals surface area contributed by atoms with Crippen molar-refractivity contribution in [1.82, 2.24) is 9.13 Å². The summed E-state index contributed by atoms with van der Waals surface area (Å²) in [6.07, 6.45) is 1.52. The monoisotopic (exact) mass is 454 g/mol. The smallest absolute Gasteiger partial charge is 0.336 e. The minimum absolute atomic E-state index is 0.240. The maximum Gasteiger partial charge on any atom is 0.336 e. The first-order valence-electron chi connectivity index (χ1n) is 11.2. The highest BCUT2D eigenvalue weighted by molar-refractivity contribution is 5.96. The van der Waals surface area contributed by atoms with Crippen LogP contribution in [0.4, 0.5) is 0 Å². The van der Waals surface area contributed by atoms with Crippen LogP contribution in [0.25, 0.3) is 11.1 Å². The predicted molar refractivity (Wildman–Crippen MR) is 132 cm³/mol. The lowest BCUT2D eigenvalue weighted by molar-refractivity contribution is 0.0697. The second kappa shape index (κ2) is 9.75. The normalized spacial score (nSPS) is 10.9. The topological polar surface area (TPSA) is 81.3 Å². The number of aromatic nitrogens is 2. The van der Waals surface area contributed by atoms with Crippen LogP contribution in [0, 0.1) is 6.92 Å². The fourth-order valence-electron chi connectivity index (χ4n) is 4.26. The average Bonchev–Trinajstić information content (AvgIpc) is 3.08. The van der Waals surface area contributed by atoms with Crippen molar-refractivity contribution in [3.05, 3.63) is 117 Å². The molecular formula is C28H26N2O4. The summed E-state index contributed by atoms with van der Waals surface area (Å²) in [5.74, 6) is -1.31. The van der Waals surface area contributed by atoms with E-state index in [4.69, 9.17) is 0 Å². The van der Waals surface area contributed by atoms with E-state index in [1.807, 2.05) is 50.2 Å². The van der Waals surface area contributed by atoms with Gasteiger partial charge in [-0.3, -0.25) is 9.36 Å². The van der Waals surface area contributed by atoms with Crippen molar-refractivity contribution in [2.45, 2.75) is 33.2 Å². The summed E-state index contributed by atoms with van der Waals surface area (Å²) in [6.45, 7) is 4.18. The minimum atomic E-state index is -0.977. The van der Waals surface area contributed by atoms with Gasteiger partial charge in [0.1, 0.15) is 0 Å². The van der Waals surface area contributed by atoms with E-state index in [-0.39, 0.29) is 17.2 Å². The molecule has 0 atom stereocenters. The molecule has 0 radical (unpaired) electrons. The fraction of sp³-hybridized carbons (Fsp3) is 0.179. The maximum absolute atomic E-state index is 13.4. The van der Waals surface area contributed by atoms with E-state index in [1.54, 1.807) is 47.0 Å². The van der Waals surface area contributed by atoms with Crippen LogP contribution in [0.2, 0.25) is 0 Å². The summed E-state index contributed by atoms with van der Waals surface area (Å²) in [5.41, 5.74) is 4.18. The van der Waals surface area contributed by atoms with Crippen molar-refractivity contribution in [1.29, 1.82) is 0 Å². The van der Waals surface area contributed by atoms with Gasteiger partial charge in [-0.25, -0.2) is 14.2 Å². The molecule has 1 N–H and O–H groups in total. The van der Waals surface area contributed by atoms with Crippen LogP contribution in [-0.4, -0.2) is 26.1 Å². The van der Waals surface area contributed by atoms with Gasteiger partial charge >= 0.3 is 11.7 Å². The number of carboxylic acids is 1. The average molecular weight is 455 g/mol. The van der Waals surface area contributed by atoms with Gasteiger partial charge in [0.05, 0.1) is 12.1 Å². The van der Waals surface area contributed by atoms with Crippen LogP contribution in [0.3, 0.4) is 0 Å². The molecule has 0 fully saturated rings. The standard InChI is InChI=1S/C28H26N2O4/c1-3-9-25-19(2)30(26(31)22-10-5-4-6-11-22)28(34)29(25)18-20-14-16-21(17-15-20)23-12-7-8-13-24(23)27(32)33/h4-8,10-17H,3,9,18H2,1-2H3,(H,32,33). The highest BCUT2D eigenvalue weighted by Crippen LogP contribution is 2.24. The van der Waals surface area contributed by atoms with Gasteiger partial charge in [0, 0.05) is 17.0 Å². The lowest BCUT2D eigenvalue weighted by atomic mass is 9.99. The van der Waals surface area contributed by atoms with Gasteiger partial charge in [-0.2, -0.15) is 0 Å². The van der Waals surface area contributed by atoms with Crippen LogP contribution < -0.4 is 5.69 Å². The fourth-order valence-corrected chi connectivity index (χ4v) is 4.26. The Morgan fingerprint density at radius 1 is 0.882 bits per heavy atom. The molecule has 0 aliphatic carbocycles. The highest BCUT2D eigenvalue weighted by atomic mass is 16.4. The highest BCUT2D eigenvalue weighted by Gasteiger charge is 2.22. The molecule has 1 aromatic heterocycles. The van der Waals surface area contributed by atoms with E-state index >= 15 is 0 Å². The molecule has 0 saturated heterocycles. The molecule has 0 spiro atoms. The molecule has 3 aromatic carbocycles. The Morgan fingerprint density at radius 3 is 2.18 bits per heavy atom. The zero-order valence-corrected chi connectivity index (χ0v) is 19.2. The first-order valence-corrected chi connectivity index (χ1v) is 11.2. The molecule has 0 aliphatic rings. The quantitative estimate of drug-likeness (QED) is 0.425. The van der Waals surface area contributed by atoms with Crippen molar-refractivity contribution in [3.63, 3.8) is 0 Å². The van der Waals surface area contributed by atoms with E-state index < -0.39 is 5.97 Å². The number of hydrogen-bond donors (Lipinski definition) is 1. The number of carboxylic acid groups (broad SMARTS) is 1. The number of carbonyl (C=O) groups excluding carboxylic acids is 1. The molecule has 172 valence electrons. The molecule has 0 amide bonds. The molecule has 34 heavy (non-hydrogen) atoms. The zero-order chi connectivity index (χ0) is 24.2. The number of imidazole rings is 1. The molecule has 0 saturated carbocycles. The second-order valence-corrected chi connectivity index (χ2v) is 8.21. The van der Waals surface area contributed by atoms with Crippen LogP contribution in [-0.2, 0) is 13.0 Å². The Balaban J connectivity index is 1.70. The van der Waals surface area contributed by atoms with Gasteiger partial charge in [0.25, 0.3) is 5.91 Å². The van der Waals surface area contributed by atoms with Crippen LogP contribution in [0.1, 0.15) is 51.0 Å². The summed E-state index contributed by atoms with van der Waals surface area (Å²) in [6, 6.07) is 23.2. The lowest BCUT2D eigenvalue weighted by Gasteiger charge is -2.10. The number of aromatic carboxylic acids is 1. The molecule has 1 heterocycles. The molecule has 0 unspecified atom stereocenters. The predicted octanol–water partition coefficient (Wildman–Crippen LogP) is 5.01. The number of carbonyl (C=O) groups is 2. The summed E-state index contributed by atoms with van der Waals surface area (Å²) in [5, 5.41) is 9.48. The van der Waals surface area contributed by atoms with E-state index in [9.17, 15) is 19.5 Å². The molecule has 6 nitrogen and oxygen atoms in total. The first-order chi connectivity index (χ1) is 16.4. The third-order valence-corrected chi connectivity index (χ3v) is 5.97. The Kier molecular flexibility index (Phi) is 6.59. The van der Waals surface area contributed by atoms with Crippen molar-refractivity contribution >= 4 is 11.9 Å². The molecule has 6 heteroatoms. The third kappa shape index (κ3) is 4.35. The van der Waals surface area contributed by atoms with E-state index in [1.165, 1.54) is 4.57 Å². The van der Waals surface area contributed by atoms with E-state index in [2.05, 4.69) is 0 Å². The van der Waals surface area contributed by atoms with Crippen LogP contribution in [0.15, 0.2) is 83.7 Å².